The van der Waals surface area contributed by atoms with Crippen molar-refractivity contribution in [1.82, 2.24) is 15.1 Å². The molecule has 1 saturated heterocycles. The molecule has 1 N–H and O–H groups in total. The van der Waals surface area contributed by atoms with Gasteiger partial charge < -0.3 is 10.1 Å². The second-order valence-electron chi connectivity index (χ2n) is 7.11. The normalized spacial score (nSPS) is 24.3. The lowest BCUT2D eigenvalue weighted by Crippen LogP contribution is -2.59. The smallest absolute Gasteiger partial charge is 0.357 e. The van der Waals surface area contributed by atoms with Gasteiger partial charge in [0.2, 0.25) is 5.60 Å². The van der Waals surface area contributed by atoms with Crippen molar-refractivity contribution in [2.75, 3.05) is 6.61 Å². The van der Waals surface area contributed by atoms with E-state index in [2.05, 4.69) is 10.4 Å². The molecular formula is C18H28F3N3O2. The van der Waals surface area contributed by atoms with E-state index in [1.54, 1.807) is 17.8 Å². The summed E-state index contributed by atoms with van der Waals surface area (Å²) in [6.07, 6.45) is -1.42. The van der Waals surface area contributed by atoms with E-state index in [4.69, 9.17) is 4.74 Å². The summed E-state index contributed by atoms with van der Waals surface area (Å²) >= 11 is 0. The molecule has 0 bridgehead atoms. The molecule has 0 spiro atoms. The number of nitrogens with one attached hydrogen (secondary N) is 1. The van der Waals surface area contributed by atoms with Crippen molar-refractivity contribution >= 4 is 5.91 Å². The Morgan fingerprint density at radius 1 is 1.50 bits per heavy atom. The summed E-state index contributed by atoms with van der Waals surface area (Å²) < 4.78 is 48.5. The Morgan fingerprint density at radius 3 is 2.81 bits per heavy atom. The predicted molar refractivity (Wildman–Crippen MR) is 91.4 cm³/mol. The van der Waals surface area contributed by atoms with Gasteiger partial charge in [-0.05, 0) is 38.2 Å². The fourth-order valence-corrected chi connectivity index (χ4v) is 3.44. The van der Waals surface area contributed by atoms with Crippen molar-refractivity contribution in [2.45, 2.75) is 70.7 Å². The van der Waals surface area contributed by atoms with Crippen LogP contribution in [0.5, 0.6) is 0 Å². The third-order valence-corrected chi connectivity index (χ3v) is 5.07. The molecular weight excluding hydrogens is 347 g/mol. The van der Waals surface area contributed by atoms with Crippen LogP contribution in [0.15, 0.2) is 6.07 Å². The zero-order chi connectivity index (χ0) is 19.4. The van der Waals surface area contributed by atoms with Crippen LogP contribution < -0.4 is 5.32 Å². The van der Waals surface area contributed by atoms with Gasteiger partial charge in [-0.3, -0.25) is 9.48 Å². The van der Waals surface area contributed by atoms with Crippen LogP contribution in [0, 0.1) is 12.8 Å². The second kappa shape index (κ2) is 8.41. The van der Waals surface area contributed by atoms with Crippen molar-refractivity contribution in [3.05, 3.63) is 17.5 Å². The highest BCUT2D eigenvalue weighted by Crippen LogP contribution is 2.43. The molecule has 2 rings (SSSR count). The summed E-state index contributed by atoms with van der Waals surface area (Å²) in [6, 6.07) is 1.73. The molecule has 1 aromatic rings. The fourth-order valence-electron chi connectivity index (χ4n) is 3.44. The first kappa shape index (κ1) is 20.7. The summed E-state index contributed by atoms with van der Waals surface area (Å²) in [5.74, 6) is -1.28. The molecule has 148 valence electrons. The van der Waals surface area contributed by atoms with Crippen LogP contribution in [-0.2, 0) is 23.1 Å². The lowest BCUT2D eigenvalue weighted by atomic mass is 9.84. The van der Waals surface area contributed by atoms with Crippen LogP contribution in [0.3, 0.4) is 0 Å². The van der Waals surface area contributed by atoms with Gasteiger partial charge in [-0.1, -0.05) is 26.2 Å². The Hall–Kier alpha value is -1.57. The van der Waals surface area contributed by atoms with E-state index in [0.717, 1.165) is 18.5 Å². The molecule has 1 aliphatic rings. The number of carbonyl (C=O) groups excluding carboxylic acids is 1. The van der Waals surface area contributed by atoms with Crippen molar-refractivity contribution in [3.8, 4) is 0 Å². The van der Waals surface area contributed by atoms with Crippen molar-refractivity contribution in [1.29, 1.82) is 0 Å². The maximum Gasteiger partial charge on any atom is 0.426 e. The van der Waals surface area contributed by atoms with Crippen LogP contribution in [0.1, 0.15) is 56.8 Å². The fraction of sp³-hybridized carbons (Fsp3) is 0.778. The molecule has 0 aliphatic carbocycles. The molecule has 2 atom stereocenters. The number of aromatic nitrogens is 2. The number of nitrogens with zero attached hydrogens (tertiary/aromatic N) is 2. The zero-order valence-corrected chi connectivity index (χ0v) is 15.7. The molecule has 1 fully saturated rings. The molecule has 8 heteroatoms. The van der Waals surface area contributed by atoms with Crippen LogP contribution in [0.25, 0.3) is 0 Å². The van der Waals surface area contributed by atoms with Gasteiger partial charge in [-0.2, -0.15) is 18.3 Å². The summed E-state index contributed by atoms with van der Waals surface area (Å²) in [6.45, 7) is 3.73. The summed E-state index contributed by atoms with van der Waals surface area (Å²) in [7, 11) is 1.74. The number of aryl methyl sites for hydroxylation is 2. The molecule has 26 heavy (non-hydrogen) atoms. The first-order chi connectivity index (χ1) is 12.2. The lowest BCUT2D eigenvalue weighted by Gasteiger charge is -2.34. The van der Waals surface area contributed by atoms with E-state index in [0.29, 0.717) is 25.0 Å². The highest BCUT2D eigenvalue weighted by molar-refractivity contribution is 5.86. The number of amides is 1. The molecule has 0 radical (unpaired) electrons. The van der Waals surface area contributed by atoms with Gasteiger partial charge in [0.25, 0.3) is 5.91 Å². The standard InChI is InChI=1S/C18H28F3N3O2/c1-4-5-7-14-8-6-9-26-17(11-14,18(19,20)21)16(25)22-12-15-10-13(2)24(3)23-15/h10,14H,4-9,11-12H2,1-3H3,(H,22,25)/t14-,17+/m1/s1. The Bertz CT molecular complexity index is 596. The van der Waals surface area contributed by atoms with Crippen LogP contribution in [-0.4, -0.2) is 34.1 Å². The minimum atomic E-state index is -4.76. The molecule has 1 aliphatic heterocycles. The monoisotopic (exact) mass is 375 g/mol. The van der Waals surface area contributed by atoms with Crippen LogP contribution >= 0.6 is 0 Å². The van der Waals surface area contributed by atoms with Gasteiger partial charge in [0, 0.05) is 19.3 Å². The molecule has 0 saturated carbocycles. The van der Waals surface area contributed by atoms with Crippen LogP contribution in [0.4, 0.5) is 13.2 Å². The van der Waals surface area contributed by atoms with Gasteiger partial charge in [-0.25, -0.2) is 0 Å². The number of ether oxygens (including phenoxy) is 1. The number of hydrogen-bond acceptors (Lipinski definition) is 3. The first-order valence-electron chi connectivity index (χ1n) is 9.18. The molecule has 1 aromatic heterocycles. The number of alkyl halides is 3. The van der Waals surface area contributed by atoms with Gasteiger partial charge in [0.1, 0.15) is 0 Å². The molecule has 0 unspecified atom stereocenters. The lowest BCUT2D eigenvalue weighted by molar-refractivity contribution is -0.269. The average molecular weight is 375 g/mol. The highest BCUT2D eigenvalue weighted by Gasteiger charge is 2.62. The Balaban J connectivity index is 2.16. The van der Waals surface area contributed by atoms with E-state index < -0.39 is 17.7 Å². The van der Waals surface area contributed by atoms with E-state index >= 15 is 0 Å². The molecule has 2 heterocycles. The topological polar surface area (TPSA) is 56.1 Å². The third kappa shape index (κ3) is 4.58. The Kier molecular flexibility index (Phi) is 6.71. The van der Waals surface area contributed by atoms with Gasteiger partial charge in [-0.15, -0.1) is 0 Å². The quantitative estimate of drug-likeness (QED) is 0.826. The predicted octanol–water partition coefficient (Wildman–Crippen LogP) is 3.65. The van der Waals surface area contributed by atoms with E-state index in [1.165, 1.54) is 0 Å². The maximum atomic E-state index is 13.9. The number of carbonyl (C=O) groups is 1. The summed E-state index contributed by atoms with van der Waals surface area (Å²) in [5.41, 5.74) is -1.39. The number of hydrogen-bond donors (Lipinski definition) is 1. The van der Waals surface area contributed by atoms with Crippen LogP contribution in [0.2, 0.25) is 0 Å². The Morgan fingerprint density at radius 2 is 2.23 bits per heavy atom. The number of unbranched alkanes of at least 4 members (excludes halogenated alkanes) is 1. The van der Waals surface area contributed by atoms with E-state index in [9.17, 15) is 18.0 Å². The van der Waals surface area contributed by atoms with Gasteiger partial charge in [0.05, 0.1) is 12.2 Å². The maximum absolute atomic E-state index is 13.9. The molecule has 0 aromatic carbocycles. The number of rotatable bonds is 6. The summed E-state index contributed by atoms with van der Waals surface area (Å²) in [4.78, 5) is 12.6. The largest absolute Gasteiger partial charge is 0.426 e. The number of halogens is 3. The van der Waals surface area contributed by atoms with E-state index in [-0.39, 0.29) is 25.5 Å². The third-order valence-electron chi connectivity index (χ3n) is 5.07. The second-order valence-corrected chi connectivity index (χ2v) is 7.11. The SMILES string of the molecule is CCCC[C@@H]1CCCO[C@@](C(=O)NCc2cc(C)n(C)n2)(C(F)(F)F)C1. The van der Waals surface area contributed by atoms with Crippen molar-refractivity contribution in [2.24, 2.45) is 13.0 Å². The van der Waals surface area contributed by atoms with Crippen molar-refractivity contribution < 1.29 is 22.7 Å². The molecule has 1 amide bonds. The van der Waals surface area contributed by atoms with Gasteiger partial charge in [0.15, 0.2) is 0 Å². The highest BCUT2D eigenvalue weighted by atomic mass is 19.4. The minimum absolute atomic E-state index is 0.0542. The van der Waals surface area contributed by atoms with Crippen molar-refractivity contribution in [3.63, 3.8) is 0 Å². The first-order valence-corrected chi connectivity index (χ1v) is 9.18. The summed E-state index contributed by atoms with van der Waals surface area (Å²) in [5, 5.41) is 6.57. The minimum Gasteiger partial charge on any atom is -0.357 e. The van der Waals surface area contributed by atoms with Gasteiger partial charge >= 0.3 is 6.18 Å². The average Bonchev–Trinajstić information content (AvgIpc) is 2.76. The Labute approximate surface area is 152 Å². The van der Waals surface area contributed by atoms with E-state index in [1.807, 2.05) is 13.8 Å². The zero-order valence-electron chi connectivity index (χ0n) is 15.7. The molecule has 5 nitrogen and oxygen atoms in total.